The summed E-state index contributed by atoms with van der Waals surface area (Å²) in [6.45, 7) is 2.21. The zero-order valence-corrected chi connectivity index (χ0v) is 16.0. The number of halogens is 2. The minimum absolute atomic E-state index is 0.131. The van der Waals surface area contributed by atoms with Crippen molar-refractivity contribution in [3.05, 3.63) is 83.5 Å². The molecule has 30 heavy (non-hydrogen) atoms. The zero-order chi connectivity index (χ0) is 20.9. The fourth-order valence-electron chi connectivity index (χ4n) is 3.38. The molecule has 7 nitrogen and oxygen atoms in total. The molecule has 0 aliphatic carbocycles. The number of aromatic nitrogens is 2. The lowest BCUT2D eigenvalue weighted by Crippen LogP contribution is -2.50. The van der Waals surface area contributed by atoms with E-state index >= 15 is 0 Å². The lowest BCUT2D eigenvalue weighted by Gasteiger charge is -2.32. The molecule has 0 unspecified atom stereocenters. The van der Waals surface area contributed by atoms with Gasteiger partial charge in [-0.15, -0.1) is 0 Å². The maximum absolute atomic E-state index is 13.7. The Balaban J connectivity index is 1.47. The van der Waals surface area contributed by atoms with Gasteiger partial charge in [-0.1, -0.05) is 41.6 Å². The van der Waals surface area contributed by atoms with Gasteiger partial charge in [-0.25, -0.2) is 8.78 Å². The molecule has 9 heteroatoms. The van der Waals surface area contributed by atoms with Crippen molar-refractivity contribution in [1.29, 1.82) is 0 Å². The van der Waals surface area contributed by atoms with Crippen LogP contribution in [0.5, 0.6) is 0 Å². The summed E-state index contributed by atoms with van der Waals surface area (Å²) in [4.78, 5) is 19.0. The number of ether oxygens (including phenoxy) is 1. The Labute approximate surface area is 171 Å². The van der Waals surface area contributed by atoms with E-state index in [1.807, 2.05) is 30.3 Å². The largest absolute Gasteiger partial charge is 0.366 e. The number of carbonyl (C=O) groups excluding carboxylic acids is 1. The predicted molar refractivity (Wildman–Crippen MR) is 102 cm³/mol. The van der Waals surface area contributed by atoms with Crippen molar-refractivity contribution < 1.29 is 22.8 Å². The molecular weight excluding hydrogens is 394 g/mol. The van der Waals surface area contributed by atoms with Gasteiger partial charge in [-0.05, 0) is 23.3 Å². The van der Waals surface area contributed by atoms with Crippen LogP contribution in [-0.2, 0) is 16.1 Å². The van der Waals surface area contributed by atoms with Crippen LogP contribution in [0.1, 0.15) is 23.0 Å². The molecule has 1 N–H and O–H groups in total. The molecule has 1 aliphatic rings. The number of hydrogen-bond acceptors (Lipinski definition) is 6. The van der Waals surface area contributed by atoms with Gasteiger partial charge in [0.15, 0.2) is 17.5 Å². The Morgan fingerprint density at radius 3 is 2.77 bits per heavy atom. The van der Waals surface area contributed by atoms with Crippen LogP contribution >= 0.6 is 0 Å². The fourth-order valence-corrected chi connectivity index (χ4v) is 3.38. The number of hydrogen-bond donors (Lipinski definition) is 1. The van der Waals surface area contributed by atoms with E-state index in [0.29, 0.717) is 31.8 Å². The number of nitrogens with one attached hydrogen (secondary N) is 1. The fraction of sp³-hybridized carbons (Fsp3) is 0.286. The van der Waals surface area contributed by atoms with Crippen molar-refractivity contribution in [1.82, 2.24) is 20.4 Å². The Morgan fingerprint density at radius 1 is 1.20 bits per heavy atom. The highest BCUT2D eigenvalue weighted by molar-refractivity contribution is 5.82. The zero-order valence-electron chi connectivity index (χ0n) is 16.0. The third-order valence-corrected chi connectivity index (χ3v) is 4.89. The maximum Gasteiger partial charge on any atom is 0.251 e. The highest BCUT2D eigenvalue weighted by Gasteiger charge is 2.30. The second-order valence-electron chi connectivity index (χ2n) is 6.98. The van der Waals surface area contributed by atoms with Crippen molar-refractivity contribution in [3.63, 3.8) is 0 Å². The predicted octanol–water partition coefficient (Wildman–Crippen LogP) is 2.45. The van der Waals surface area contributed by atoms with Gasteiger partial charge in [0.1, 0.15) is 12.1 Å². The summed E-state index contributed by atoms with van der Waals surface area (Å²) < 4.78 is 37.5. The van der Waals surface area contributed by atoms with E-state index in [9.17, 15) is 13.6 Å². The van der Waals surface area contributed by atoms with Crippen LogP contribution < -0.4 is 5.32 Å². The third-order valence-electron chi connectivity index (χ3n) is 4.89. The Kier molecular flexibility index (Phi) is 6.10. The number of nitrogens with zero attached hydrogens (tertiary/aromatic N) is 3. The van der Waals surface area contributed by atoms with E-state index < -0.39 is 29.7 Å². The van der Waals surface area contributed by atoms with Gasteiger partial charge >= 0.3 is 0 Å². The number of rotatable bonds is 6. The number of morpholine rings is 1. The van der Waals surface area contributed by atoms with E-state index in [2.05, 4.69) is 20.4 Å². The second kappa shape index (κ2) is 9.10. The molecule has 156 valence electrons. The molecule has 0 radical (unpaired) electrons. The van der Waals surface area contributed by atoms with Crippen LogP contribution in [0.3, 0.4) is 0 Å². The molecule has 0 spiro atoms. The third kappa shape index (κ3) is 4.69. The maximum atomic E-state index is 13.7. The van der Waals surface area contributed by atoms with Gasteiger partial charge in [0, 0.05) is 19.6 Å². The van der Waals surface area contributed by atoms with Gasteiger partial charge in [0.25, 0.3) is 5.91 Å². The molecule has 1 saturated heterocycles. The highest BCUT2D eigenvalue weighted by atomic mass is 19.2. The standard InChI is InChI=1S/C21H20F2N4O3/c22-16-7-6-15(10-17(16)23)19(20-24-13-30-26-20)25-21(28)18-12-27(8-9-29-18)11-14-4-2-1-3-5-14/h1-7,10,13,18-19H,8-9,11-12H2,(H,25,28)/t18-,19-/m1/s1. The van der Waals surface area contributed by atoms with Crippen molar-refractivity contribution >= 4 is 5.91 Å². The minimum atomic E-state index is -1.03. The van der Waals surface area contributed by atoms with Gasteiger partial charge < -0.3 is 14.6 Å². The molecule has 2 atom stereocenters. The topological polar surface area (TPSA) is 80.5 Å². The lowest BCUT2D eigenvalue weighted by molar-refractivity contribution is -0.139. The van der Waals surface area contributed by atoms with E-state index in [0.717, 1.165) is 24.1 Å². The average molecular weight is 414 g/mol. The van der Waals surface area contributed by atoms with Gasteiger partial charge in [-0.3, -0.25) is 9.69 Å². The smallest absolute Gasteiger partial charge is 0.251 e. The van der Waals surface area contributed by atoms with Crippen LogP contribution in [0.4, 0.5) is 8.78 Å². The summed E-state index contributed by atoms with van der Waals surface area (Å²) in [6, 6.07) is 12.4. The molecule has 1 fully saturated rings. The quantitative estimate of drug-likeness (QED) is 0.668. The summed E-state index contributed by atoms with van der Waals surface area (Å²) in [5.41, 5.74) is 1.44. The first-order valence-electron chi connectivity index (χ1n) is 9.49. The van der Waals surface area contributed by atoms with E-state index in [-0.39, 0.29) is 5.82 Å². The monoisotopic (exact) mass is 414 g/mol. The first-order valence-corrected chi connectivity index (χ1v) is 9.49. The molecule has 0 saturated carbocycles. The highest BCUT2D eigenvalue weighted by Crippen LogP contribution is 2.22. The van der Waals surface area contributed by atoms with E-state index in [4.69, 9.17) is 9.26 Å². The molecule has 1 amide bonds. The van der Waals surface area contributed by atoms with Crippen molar-refractivity contribution in [2.24, 2.45) is 0 Å². The molecular formula is C21H20F2N4O3. The molecule has 3 aromatic rings. The van der Waals surface area contributed by atoms with Crippen LogP contribution in [-0.4, -0.2) is 46.7 Å². The van der Waals surface area contributed by atoms with Gasteiger partial charge in [0.2, 0.25) is 6.39 Å². The Bertz CT molecular complexity index is 985. The lowest BCUT2D eigenvalue weighted by atomic mass is 10.1. The second-order valence-corrected chi connectivity index (χ2v) is 6.98. The first kappa shape index (κ1) is 20.1. The van der Waals surface area contributed by atoms with E-state index in [1.54, 1.807) is 0 Å². The SMILES string of the molecule is O=C(N[C@H](c1ccc(F)c(F)c1)c1ncon1)[C@H]1CN(Cc2ccccc2)CCO1. The number of carbonyl (C=O) groups is 1. The summed E-state index contributed by atoms with van der Waals surface area (Å²) in [7, 11) is 0. The summed E-state index contributed by atoms with van der Waals surface area (Å²) in [5, 5.41) is 6.52. The van der Waals surface area contributed by atoms with Crippen molar-refractivity contribution in [3.8, 4) is 0 Å². The Hall–Kier alpha value is -3.17. The summed E-state index contributed by atoms with van der Waals surface area (Å²) in [5.74, 6) is -2.28. The molecule has 1 aromatic heterocycles. The van der Waals surface area contributed by atoms with E-state index in [1.165, 1.54) is 6.07 Å². The van der Waals surface area contributed by atoms with Crippen molar-refractivity contribution in [2.75, 3.05) is 19.7 Å². The van der Waals surface area contributed by atoms with Crippen LogP contribution in [0.2, 0.25) is 0 Å². The molecule has 1 aliphatic heterocycles. The van der Waals surface area contributed by atoms with Gasteiger partial charge in [0.05, 0.1) is 6.61 Å². The molecule has 2 aromatic carbocycles. The summed E-state index contributed by atoms with van der Waals surface area (Å²) >= 11 is 0. The van der Waals surface area contributed by atoms with Crippen LogP contribution in [0.15, 0.2) is 59.4 Å². The molecule has 2 heterocycles. The van der Waals surface area contributed by atoms with Crippen LogP contribution in [0.25, 0.3) is 0 Å². The van der Waals surface area contributed by atoms with Crippen LogP contribution in [0, 0.1) is 11.6 Å². The normalized spacial score (nSPS) is 18.1. The minimum Gasteiger partial charge on any atom is -0.366 e. The Morgan fingerprint density at radius 2 is 2.03 bits per heavy atom. The molecule has 4 rings (SSSR count). The number of amides is 1. The van der Waals surface area contributed by atoms with Gasteiger partial charge in [-0.2, -0.15) is 4.98 Å². The first-order chi connectivity index (χ1) is 14.6. The average Bonchev–Trinajstić information content (AvgIpc) is 3.29. The molecule has 0 bridgehead atoms. The number of benzene rings is 2. The summed E-state index contributed by atoms with van der Waals surface area (Å²) in [6.07, 6.45) is 0.384. The van der Waals surface area contributed by atoms with Crippen molar-refractivity contribution in [2.45, 2.75) is 18.7 Å².